The molecule has 7 heteroatoms. The van der Waals surface area contributed by atoms with E-state index in [0.29, 0.717) is 6.61 Å². The maximum absolute atomic E-state index is 12.1. The van der Waals surface area contributed by atoms with Gasteiger partial charge in [0.05, 0.1) is 4.88 Å². The summed E-state index contributed by atoms with van der Waals surface area (Å²) in [5.74, 6) is 1.86. The standard InChI is InChI=1S/C14H18N4O2S/c1-20-9-13-17-16-12-5-4-10(6-7-18(12)13)15-14(19)11-3-2-8-21-11/h2-3,8,10H,4-7,9H2,1H3,(H,15,19). The molecule has 0 saturated heterocycles. The fourth-order valence-corrected chi connectivity index (χ4v) is 3.22. The van der Waals surface area contributed by atoms with Gasteiger partial charge in [-0.2, -0.15) is 0 Å². The number of carbonyl (C=O) groups excluding carboxylic acids is 1. The highest BCUT2D eigenvalue weighted by Gasteiger charge is 2.21. The molecule has 112 valence electrons. The fraction of sp³-hybridized carbons (Fsp3) is 0.500. The monoisotopic (exact) mass is 306 g/mol. The second-order valence-corrected chi connectivity index (χ2v) is 6.04. The SMILES string of the molecule is COCc1nnc2n1CCC(NC(=O)c1cccs1)CC2. The van der Waals surface area contributed by atoms with Crippen LogP contribution in [0.15, 0.2) is 17.5 Å². The molecule has 1 aliphatic heterocycles. The smallest absolute Gasteiger partial charge is 0.261 e. The van der Waals surface area contributed by atoms with E-state index in [1.807, 2.05) is 17.5 Å². The molecule has 0 aliphatic carbocycles. The van der Waals surface area contributed by atoms with Crippen molar-refractivity contribution in [2.45, 2.75) is 38.5 Å². The summed E-state index contributed by atoms with van der Waals surface area (Å²) in [5.41, 5.74) is 0. The van der Waals surface area contributed by atoms with Gasteiger partial charge in [0.1, 0.15) is 12.4 Å². The Morgan fingerprint density at radius 3 is 3.19 bits per heavy atom. The molecule has 1 amide bonds. The zero-order valence-corrected chi connectivity index (χ0v) is 12.7. The first-order valence-electron chi connectivity index (χ1n) is 7.02. The van der Waals surface area contributed by atoms with E-state index in [9.17, 15) is 4.79 Å². The highest BCUT2D eigenvalue weighted by Crippen LogP contribution is 2.17. The molecule has 0 saturated carbocycles. The summed E-state index contributed by atoms with van der Waals surface area (Å²) in [5, 5.41) is 13.4. The van der Waals surface area contributed by atoms with Gasteiger partial charge in [-0.05, 0) is 24.3 Å². The number of nitrogens with zero attached hydrogens (tertiary/aromatic N) is 3. The molecule has 1 atom stereocenters. The lowest BCUT2D eigenvalue weighted by atomic mass is 10.1. The topological polar surface area (TPSA) is 69.0 Å². The van der Waals surface area contributed by atoms with Crippen LogP contribution < -0.4 is 5.32 Å². The van der Waals surface area contributed by atoms with Gasteiger partial charge in [-0.3, -0.25) is 4.79 Å². The average Bonchev–Trinajstić information content (AvgIpc) is 3.09. The summed E-state index contributed by atoms with van der Waals surface area (Å²) < 4.78 is 7.25. The maximum Gasteiger partial charge on any atom is 0.261 e. The molecule has 2 aromatic rings. The quantitative estimate of drug-likeness (QED) is 0.932. The van der Waals surface area contributed by atoms with Gasteiger partial charge >= 0.3 is 0 Å². The van der Waals surface area contributed by atoms with Crippen LogP contribution in [0.1, 0.15) is 34.2 Å². The molecular formula is C14H18N4O2S. The fourth-order valence-electron chi connectivity index (χ4n) is 2.59. The largest absolute Gasteiger partial charge is 0.377 e. The molecule has 0 radical (unpaired) electrons. The second-order valence-electron chi connectivity index (χ2n) is 5.09. The van der Waals surface area contributed by atoms with Crippen LogP contribution in [0.5, 0.6) is 0 Å². The number of thiophene rings is 1. The molecule has 0 bridgehead atoms. The summed E-state index contributed by atoms with van der Waals surface area (Å²) in [6, 6.07) is 3.92. The number of nitrogens with one attached hydrogen (secondary N) is 1. The lowest BCUT2D eigenvalue weighted by Gasteiger charge is -2.15. The number of hydrogen-bond donors (Lipinski definition) is 1. The first-order chi connectivity index (χ1) is 10.3. The highest BCUT2D eigenvalue weighted by atomic mass is 32.1. The van der Waals surface area contributed by atoms with E-state index in [1.54, 1.807) is 7.11 Å². The van der Waals surface area contributed by atoms with Crippen LogP contribution in [0.3, 0.4) is 0 Å². The minimum Gasteiger partial charge on any atom is -0.377 e. The zero-order chi connectivity index (χ0) is 14.7. The summed E-state index contributed by atoms with van der Waals surface area (Å²) in [4.78, 5) is 12.9. The predicted molar refractivity (Wildman–Crippen MR) is 79.2 cm³/mol. The van der Waals surface area contributed by atoms with Crippen LogP contribution in [0.2, 0.25) is 0 Å². The van der Waals surface area contributed by atoms with E-state index in [-0.39, 0.29) is 11.9 Å². The van der Waals surface area contributed by atoms with E-state index >= 15 is 0 Å². The number of ether oxygens (including phenoxy) is 1. The number of aryl methyl sites for hydroxylation is 1. The van der Waals surface area contributed by atoms with E-state index in [0.717, 1.165) is 42.3 Å². The van der Waals surface area contributed by atoms with Gasteiger partial charge in [0.15, 0.2) is 5.82 Å². The molecule has 1 N–H and O–H groups in total. The molecule has 1 aliphatic rings. The lowest BCUT2D eigenvalue weighted by molar-refractivity contribution is 0.0937. The van der Waals surface area contributed by atoms with Gasteiger partial charge in [0, 0.05) is 26.1 Å². The minimum absolute atomic E-state index is 0.0183. The van der Waals surface area contributed by atoms with Crippen LogP contribution in [0.25, 0.3) is 0 Å². The minimum atomic E-state index is 0.0183. The second kappa shape index (κ2) is 6.36. The van der Waals surface area contributed by atoms with Gasteiger partial charge < -0.3 is 14.6 Å². The molecule has 0 aromatic carbocycles. The summed E-state index contributed by atoms with van der Waals surface area (Å²) in [6.45, 7) is 1.29. The number of rotatable bonds is 4. The Morgan fingerprint density at radius 2 is 2.43 bits per heavy atom. The first kappa shape index (κ1) is 14.2. The van der Waals surface area contributed by atoms with Gasteiger partial charge in [-0.1, -0.05) is 6.07 Å². The molecule has 1 unspecified atom stereocenters. The van der Waals surface area contributed by atoms with Gasteiger partial charge in [-0.15, -0.1) is 21.5 Å². The van der Waals surface area contributed by atoms with Crippen molar-refractivity contribution in [2.75, 3.05) is 7.11 Å². The number of aromatic nitrogens is 3. The lowest BCUT2D eigenvalue weighted by Crippen LogP contribution is -2.34. The predicted octanol–water partition coefficient (Wildman–Crippen LogP) is 1.62. The van der Waals surface area contributed by atoms with Crippen molar-refractivity contribution >= 4 is 17.2 Å². The van der Waals surface area contributed by atoms with Crippen molar-refractivity contribution in [1.82, 2.24) is 20.1 Å². The van der Waals surface area contributed by atoms with Gasteiger partial charge in [0.2, 0.25) is 0 Å². The Balaban J connectivity index is 1.63. The summed E-state index contributed by atoms with van der Waals surface area (Å²) in [6.07, 6.45) is 2.60. The number of hydrogen-bond acceptors (Lipinski definition) is 5. The summed E-state index contributed by atoms with van der Waals surface area (Å²) in [7, 11) is 1.66. The Labute approximate surface area is 127 Å². The van der Waals surface area contributed by atoms with E-state index < -0.39 is 0 Å². The van der Waals surface area contributed by atoms with Gasteiger partial charge in [-0.25, -0.2) is 0 Å². The number of methoxy groups -OCH3 is 1. The Hall–Kier alpha value is -1.73. The molecule has 0 fully saturated rings. The zero-order valence-electron chi connectivity index (χ0n) is 11.9. The van der Waals surface area contributed by atoms with Crippen molar-refractivity contribution in [2.24, 2.45) is 0 Å². The van der Waals surface area contributed by atoms with Crippen LogP contribution in [-0.4, -0.2) is 33.8 Å². The molecule has 21 heavy (non-hydrogen) atoms. The van der Waals surface area contributed by atoms with Crippen LogP contribution >= 0.6 is 11.3 Å². The van der Waals surface area contributed by atoms with Crippen molar-refractivity contribution in [3.63, 3.8) is 0 Å². The van der Waals surface area contributed by atoms with Crippen molar-refractivity contribution in [3.8, 4) is 0 Å². The number of amides is 1. The third kappa shape index (κ3) is 3.14. The van der Waals surface area contributed by atoms with E-state index in [2.05, 4.69) is 20.1 Å². The van der Waals surface area contributed by atoms with Crippen LogP contribution in [-0.2, 0) is 24.3 Å². The van der Waals surface area contributed by atoms with Crippen molar-refractivity contribution in [3.05, 3.63) is 34.0 Å². The molecule has 3 rings (SSSR count). The maximum atomic E-state index is 12.1. The van der Waals surface area contributed by atoms with E-state index in [1.165, 1.54) is 11.3 Å². The average molecular weight is 306 g/mol. The van der Waals surface area contributed by atoms with E-state index in [4.69, 9.17) is 4.74 Å². The number of fused-ring (bicyclic) bond motifs is 1. The Bertz CT molecular complexity index is 609. The Kier molecular flexibility index (Phi) is 4.31. The molecule has 6 nitrogen and oxygen atoms in total. The third-order valence-corrected chi connectivity index (χ3v) is 4.54. The highest BCUT2D eigenvalue weighted by molar-refractivity contribution is 7.12. The van der Waals surface area contributed by atoms with Crippen molar-refractivity contribution in [1.29, 1.82) is 0 Å². The van der Waals surface area contributed by atoms with Crippen LogP contribution in [0, 0.1) is 0 Å². The van der Waals surface area contributed by atoms with Crippen molar-refractivity contribution < 1.29 is 9.53 Å². The first-order valence-corrected chi connectivity index (χ1v) is 7.90. The summed E-state index contributed by atoms with van der Waals surface area (Å²) >= 11 is 1.47. The molecule has 0 spiro atoms. The van der Waals surface area contributed by atoms with Gasteiger partial charge in [0.25, 0.3) is 5.91 Å². The molecular weight excluding hydrogens is 288 g/mol. The molecule has 3 heterocycles. The Morgan fingerprint density at radius 1 is 1.52 bits per heavy atom. The third-order valence-electron chi connectivity index (χ3n) is 3.68. The normalized spacial score (nSPS) is 18.0. The molecule has 2 aromatic heterocycles. The number of carbonyl (C=O) groups is 1. The van der Waals surface area contributed by atoms with Crippen LogP contribution in [0.4, 0.5) is 0 Å².